The van der Waals surface area contributed by atoms with Crippen LogP contribution in [0.2, 0.25) is 5.02 Å². The van der Waals surface area contributed by atoms with E-state index in [1.807, 2.05) is 0 Å². The number of nitrogens with one attached hydrogen (secondary N) is 1. The molecule has 8 nitrogen and oxygen atoms in total. The summed E-state index contributed by atoms with van der Waals surface area (Å²) < 4.78 is 30.9. The monoisotopic (exact) mass is 456 g/mol. The van der Waals surface area contributed by atoms with Crippen molar-refractivity contribution in [3.8, 4) is 11.5 Å². The van der Waals surface area contributed by atoms with Crippen LogP contribution in [0.25, 0.3) is 0 Å². The van der Waals surface area contributed by atoms with Crippen molar-refractivity contribution in [2.24, 2.45) is 0 Å². The Morgan fingerprint density at radius 1 is 1.16 bits per heavy atom. The molecule has 0 aliphatic rings. The highest BCUT2D eigenvalue weighted by Gasteiger charge is 2.14. The molecule has 1 amide bonds. The maximum absolute atomic E-state index is 13.2. The third kappa shape index (κ3) is 5.25. The quantitative estimate of drug-likeness (QED) is 0.418. The molecular weight excluding hydrogens is 439 g/mol. The summed E-state index contributed by atoms with van der Waals surface area (Å²) in [6, 6.07) is 14.4. The molecule has 0 bridgehead atoms. The second kappa shape index (κ2) is 9.52. The van der Waals surface area contributed by atoms with Crippen molar-refractivity contribution >= 4 is 23.5 Å². The minimum atomic E-state index is -0.502. The summed E-state index contributed by atoms with van der Waals surface area (Å²) in [6.07, 6.45) is 1.44. The zero-order valence-electron chi connectivity index (χ0n) is 16.9. The summed E-state index contributed by atoms with van der Waals surface area (Å²) in [4.78, 5) is 16.5. The number of furan rings is 1. The fourth-order valence-electron chi connectivity index (χ4n) is 2.82. The highest BCUT2D eigenvalue weighted by Crippen LogP contribution is 2.20. The average molecular weight is 457 g/mol. The molecule has 4 aromatic rings. The van der Waals surface area contributed by atoms with Crippen LogP contribution in [-0.2, 0) is 13.2 Å². The highest BCUT2D eigenvalue weighted by atomic mass is 35.5. The number of anilines is 1. The second-order valence-corrected chi connectivity index (χ2v) is 7.09. The Morgan fingerprint density at radius 2 is 1.94 bits per heavy atom. The summed E-state index contributed by atoms with van der Waals surface area (Å²) >= 11 is 6.03. The summed E-state index contributed by atoms with van der Waals surface area (Å²) in [5, 5.41) is 7.02. The fraction of sp³-hybridized carbons (Fsp3) is 0.136. The molecule has 2 heterocycles. The van der Waals surface area contributed by atoms with E-state index in [0.717, 1.165) is 5.75 Å². The van der Waals surface area contributed by atoms with E-state index >= 15 is 0 Å². The molecule has 0 saturated carbocycles. The number of benzene rings is 2. The molecule has 164 valence electrons. The van der Waals surface area contributed by atoms with Crippen LogP contribution in [0.15, 0.2) is 65.3 Å². The average Bonchev–Trinajstić information content (AvgIpc) is 3.44. The van der Waals surface area contributed by atoms with E-state index in [-0.39, 0.29) is 29.9 Å². The fourth-order valence-corrected chi connectivity index (χ4v) is 3.05. The molecule has 0 unspecified atom stereocenters. The van der Waals surface area contributed by atoms with Crippen LogP contribution in [-0.4, -0.2) is 27.8 Å². The van der Waals surface area contributed by atoms with Crippen LogP contribution in [0.3, 0.4) is 0 Å². The normalized spacial score (nSPS) is 10.7. The zero-order valence-corrected chi connectivity index (χ0v) is 17.7. The first-order valence-electron chi connectivity index (χ1n) is 9.50. The predicted octanol–water partition coefficient (Wildman–Crippen LogP) is 4.55. The van der Waals surface area contributed by atoms with Crippen LogP contribution in [0.1, 0.15) is 21.9 Å². The minimum Gasteiger partial charge on any atom is -0.497 e. The molecule has 2 aromatic heterocycles. The summed E-state index contributed by atoms with van der Waals surface area (Å²) in [5.41, 5.74) is 0.670. The van der Waals surface area contributed by atoms with Gasteiger partial charge in [0.1, 0.15) is 36.0 Å². The van der Waals surface area contributed by atoms with Crippen molar-refractivity contribution in [1.82, 2.24) is 14.8 Å². The third-order valence-corrected chi connectivity index (χ3v) is 4.79. The maximum atomic E-state index is 13.2. The van der Waals surface area contributed by atoms with Gasteiger partial charge in [0.2, 0.25) is 5.95 Å². The molecule has 2 aromatic carbocycles. The van der Waals surface area contributed by atoms with Crippen molar-refractivity contribution in [3.63, 3.8) is 0 Å². The van der Waals surface area contributed by atoms with Gasteiger partial charge in [-0.05, 0) is 54.1 Å². The van der Waals surface area contributed by atoms with Gasteiger partial charge < -0.3 is 13.9 Å². The van der Waals surface area contributed by atoms with Crippen molar-refractivity contribution in [3.05, 3.63) is 88.8 Å². The van der Waals surface area contributed by atoms with E-state index in [0.29, 0.717) is 17.1 Å². The number of hydrogen-bond acceptors (Lipinski definition) is 6. The Bertz CT molecular complexity index is 1220. The standard InChI is InChI=1S/C22H18ClFN4O4/c1-30-16-4-6-17(7-5-16)31-12-18-8-9-20(32-18)21(29)26-22-25-13-28(27-22)11-14-2-3-15(24)10-19(14)23/h2-10,13H,11-12H2,1H3,(H,26,27,29). The van der Waals surface area contributed by atoms with E-state index in [4.69, 9.17) is 25.5 Å². The lowest BCUT2D eigenvalue weighted by Gasteiger charge is -2.05. The minimum absolute atomic E-state index is 0.0938. The number of methoxy groups -OCH3 is 1. The highest BCUT2D eigenvalue weighted by molar-refractivity contribution is 6.31. The number of aromatic nitrogens is 3. The molecule has 4 rings (SSSR count). The molecule has 0 aliphatic carbocycles. The Labute approximate surface area is 187 Å². The van der Waals surface area contributed by atoms with Crippen molar-refractivity contribution in [1.29, 1.82) is 0 Å². The van der Waals surface area contributed by atoms with Gasteiger partial charge in [-0.25, -0.2) is 14.1 Å². The van der Waals surface area contributed by atoms with Gasteiger partial charge in [0.25, 0.3) is 5.91 Å². The first kappa shape index (κ1) is 21.4. The molecule has 0 saturated heterocycles. The number of nitrogens with zero attached hydrogens (tertiary/aromatic N) is 3. The molecule has 0 atom stereocenters. The van der Waals surface area contributed by atoms with E-state index in [1.54, 1.807) is 43.5 Å². The number of carbonyl (C=O) groups excluding carboxylic acids is 1. The van der Waals surface area contributed by atoms with E-state index in [1.165, 1.54) is 29.2 Å². The molecule has 1 N–H and O–H groups in total. The van der Waals surface area contributed by atoms with Gasteiger partial charge in [0.05, 0.1) is 13.7 Å². The summed E-state index contributed by atoms with van der Waals surface area (Å²) in [6.45, 7) is 0.431. The van der Waals surface area contributed by atoms with E-state index in [9.17, 15) is 9.18 Å². The van der Waals surface area contributed by atoms with Crippen molar-refractivity contribution in [2.75, 3.05) is 12.4 Å². The topological polar surface area (TPSA) is 91.4 Å². The van der Waals surface area contributed by atoms with Gasteiger partial charge in [-0.2, -0.15) is 0 Å². The largest absolute Gasteiger partial charge is 0.497 e. The zero-order chi connectivity index (χ0) is 22.5. The third-order valence-electron chi connectivity index (χ3n) is 4.44. The van der Waals surface area contributed by atoms with Crippen LogP contribution < -0.4 is 14.8 Å². The number of hydrogen-bond donors (Lipinski definition) is 1. The number of amides is 1. The summed E-state index contributed by atoms with van der Waals surface area (Å²) in [7, 11) is 1.59. The van der Waals surface area contributed by atoms with Gasteiger partial charge in [0.15, 0.2) is 5.76 Å². The van der Waals surface area contributed by atoms with Gasteiger partial charge in [0, 0.05) is 5.02 Å². The SMILES string of the molecule is COc1ccc(OCc2ccc(C(=O)Nc3ncn(Cc4ccc(F)cc4Cl)n3)o2)cc1. The molecule has 0 spiro atoms. The summed E-state index contributed by atoms with van der Waals surface area (Å²) in [5.74, 6) is 1.12. The Morgan fingerprint density at radius 3 is 2.69 bits per heavy atom. The van der Waals surface area contributed by atoms with Gasteiger partial charge in [-0.3, -0.25) is 10.1 Å². The van der Waals surface area contributed by atoms with Gasteiger partial charge in [-0.1, -0.05) is 17.7 Å². The van der Waals surface area contributed by atoms with Crippen molar-refractivity contribution < 1.29 is 23.1 Å². The molecule has 0 aliphatic heterocycles. The predicted molar refractivity (Wildman–Crippen MR) is 115 cm³/mol. The number of carbonyl (C=O) groups is 1. The molecule has 32 heavy (non-hydrogen) atoms. The van der Waals surface area contributed by atoms with Gasteiger partial charge >= 0.3 is 0 Å². The van der Waals surface area contributed by atoms with Crippen LogP contribution in [0, 0.1) is 5.82 Å². The van der Waals surface area contributed by atoms with Crippen LogP contribution in [0.4, 0.5) is 10.3 Å². The second-order valence-electron chi connectivity index (χ2n) is 6.69. The van der Waals surface area contributed by atoms with Crippen LogP contribution in [0.5, 0.6) is 11.5 Å². The first-order chi connectivity index (χ1) is 15.5. The van der Waals surface area contributed by atoms with E-state index in [2.05, 4.69) is 15.4 Å². The lowest BCUT2D eigenvalue weighted by molar-refractivity contribution is 0.0991. The number of rotatable bonds is 8. The molecule has 0 radical (unpaired) electrons. The Balaban J connectivity index is 1.33. The molecule has 10 heteroatoms. The lowest BCUT2D eigenvalue weighted by Crippen LogP contribution is -2.12. The lowest BCUT2D eigenvalue weighted by atomic mass is 10.2. The molecule has 0 fully saturated rings. The van der Waals surface area contributed by atoms with Gasteiger partial charge in [-0.15, -0.1) is 5.10 Å². The Kier molecular flexibility index (Phi) is 6.37. The van der Waals surface area contributed by atoms with Crippen LogP contribution >= 0.6 is 11.6 Å². The van der Waals surface area contributed by atoms with E-state index < -0.39 is 11.7 Å². The number of ether oxygens (including phenoxy) is 2. The molecular formula is C22H18ClFN4O4. The van der Waals surface area contributed by atoms with Crippen molar-refractivity contribution in [2.45, 2.75) is 13.2 Å². The first-order valence-corrected chi connectivity index (χ1v) is 9.88. The number of halogens is 2. The maximum Gasteiger partial charge on any atom is 0.293 e. The Hall–Kier alpha value is -3.85. The smallest absolute Gasteiger partial charge is 0.293 e.